The molecule has 2 rings (SSSR count). The first-order valence-electron chi connectivity index (χ1n) is 7.97. The number of carbonyl (C=O) groups excluding carboxylic acids is 1. The van der Waals surface area contributed by atoms with Crippen LogP contribution in [0.5, 0.6) is 5.75 Å². The van der Waals surface area contributed by atoms with Crippen molar-refractivity contribution in [2.45, 2.75) is 11.8 Å². The highest BCUT2D eigenvalue weighted by atomic mass is 35.5. The number of amides is 1. The van der Waals surface area contributed by atoms with Gasteiger partial charge in [-0.1, -0.05) is 29.3 Å². The number of aryl methyl sites for hydroxylation is 1. The Balaban J connectivity index is 1.79. The lowest BCUT2D eigenvalue weighted by Gasteiger charge is -2.17. The highest BCUT2D eigenvalue weighted by Gasteiger charge is 2.22. The SMILES string of the molecule is Cc1ccc(OCCNC(=O)CN(C)S(=O)(=O)c2ccc(Cl)cc2)cc1. The monoisotopic (exact) mass is 396 g/mol. The number of sulfonamides is 1. The molecule has 0 radical (unpaired) electrons. The molecule has 1 amide bonds. The third-order valence-electron chi connectivity index (χ3n) is 3.60. The molecule has 26 heavy (non-hydrogen) atoms. The van der Waals surface area contributed by atoms with Crippen LogP contribution in [-0.4, -0.2) is 45.4 Å². The third-order valence-corrected chi connectivity index (χ3v) is 5.67. The zero-order valence-electron chi connectivity index (χ0n) is 14.6. The lowest BCUT2D eigenvalue weighted by molar-refractivity contribution is -0.121. The molecule has 0 saturated carbocycles. The topological polar surface area (TPSA) is 75.7 Å². The van der Waals surface area contributed by atoms with Gasteiger partial charge in [-0.15, -0.1) is 0 Å². The molecule has 2 aromatic rings. The largest absolute Gasteiger partial charge is 0.492 e. The summed E-state index contributed by atoms with van der Waals surface area (Å²) in [6, 6.07) is 13.4. The predicted molar refractivity (Wildman–Crippen MR) is 101 cm³/mol. The van der Waals surface area contributed by atoms with E-state index < -0.39 is 15.9 Å². The molecule has 0 aliphatic carbocycles. The second kappa shape index (κ2) is 9.02. The summed E-state index contributed by atoms with van der Waals surface area (Å²) in [5.74, 6) is 0.310. The Bertz CT molecular complexity index is 836. The molecule has 0 aliphatic heterocycles. The predicted octanol–water partition coefficient (Wildman–Crippen LogP) is 2.46. The molecular formula is C18H21ClN2O4S. The fourth-order valence-corrected chi connectivity index (χ4v) is 3.38. The van der Waals surface area contributed by atoms with Crippen molar-refractivity contribution in [2.75, 3.05) is 26.7 Å². The van der Waals surface area contributed by atoms with Gasteiger partial charge in [0, 0.05) is 12.1 Å². The van der Waals surface area contributed by atoms with E-state index in [1.54, 1.807) is 0 Å². The summed E-state index contributed by atoms with van der Waals surface area (Å²) in [5, 5.41) is 3.08. The maximum absolute atomic E-state index is 12.4. The van der Waals surface area contributed by atoms with Gasteiger partial charge < -0.3 is 10.1 Å². The van der Waals surface area contributed by atoms with Crippen molar-refractivity contribution in [1.29, 1.82) is 0 Å². The minimum atomic E-state index is -3.75. The van der Waals surface area contributed by atoms with Gasteiger partial charge in [-0.3, -0.25) is 4.79 Å². The molecule has 0 bridgehead atoms. The Morgan fingerprint density at radius 1 is 1.12 bits per heavy atom. The van der Waals surface area contributed by atoms with E-state index >= 15 is 0 Å². The lowest BCUT2D eigenvalue weighted by atomic mass is 10.2. The number of benzene rings is 2. The summed E-state index contributed by atoms with van der Waals surface area (Å²) in [6.07, 6.45) is 0. The van der Waals surface area contributed by atoms with Gasteiger partial charge in [-0.25, -0.2) is 8.42 Å². The van der Waals surface area contributed by atoms with Gasteiger partial charge >= 0.3 is 0 Å². The van der Waals surface area contributed by atoms with E-state index in [2.05, 4.69) is 5.32 Å². The van der Waals surface area contributed by atoms with Crippen molar-refractivity contribution < 1.29 is 17.9 Å². The Labute approximate surface area is 158 Å². The van der Waals surface area contributed by atoms with Gasteiger partial charge in [0.05, 0.1) is 18.0 Å². The minimum Gasteiger partial charge on any atom is -0.492 e. The van der Waals surface area contributed by atoms with Crippen LogP contribution < -0.4 is 10.1 Å². The van der Waals surface area contributed by atoms with Crippen LogP contribution in [0.4, 0.5) is 0 Å². The smallest absolute Gasteiger partial charge is 0.243 e. The summed E-state index contributed by atoms with van der Waals surface area (Å²) in [4.78, 5) is 12.0. The average molecular weight is 397 g/mol. The van der Waals surface area contributed by atoms with Crippen LogP contribution in [0.2, 0.25) is 5.02 Å². The average Bonchev–Trinajstić information content (AvgIpc) is 2.60. The number of carbonyl (C=O) groups is 1. The van der Waals surface area contributed by atoms with Crippen LogP contribution in [0.1, 0.15) is 5.56 Å². The number of ether oxygens (including phenoxy) is 1. The molecule has 1 N–H and O–H groups in total. The van der Waals surface area contributed by atoms with E-state index in [-0.39, 0.29) is 18.0 Å². The van der Waals surface area contributed by atoms with E-state index in [1.807, 2.05) is 31.2 Å². The van der Waals surface area contributed by atoms with Crippen LogP contribution >= 0.6 is 11.6 Å². The van der Waals surface area contributed by atoms with E-state index in [0.29, 0.717) is 17.4 Å². The minimum absolute atomic E-state index is 0.0832. The van der Waals surface area contributed by atoms with Crippen molar-refractivity contribution in [3.63, 3.8) is 0 Å². The molecule has 8 heteroatoms. The van der Waals surface area contributed by atoms with Gasteiger partial charge in [0.1, 0.15) is 12.4 Å². The Kier molecular flexibility index (Phi) is 7.02. The number of rotatable bonds is 8. The zero-order valence-corrected chi connectivity index (χ0v) is 16.2. The van der Waals surface area contributed by atoms with Crippen molar-refractivity contribution >= 4 is 27.5 Å². The summed E-state index contributed by atoms with van der Waals surface area (Å²) in [7, 11) is -2.39. The van der Waals surface area contributed by atoms with Gasteiger partial charge in [0.25, 0.3) is 0 Å². The van der Waals surface area contributed by atoms with E-state index in [1.165, 1.54) is 31.3 Å². The summed E-state index contributed by atoms with van der Waals surface area (Å²) < 4.78 is 31.3. The standard InChI is InChI=1S/C18H21ClN2O4S/c1-14-3-7-16(8-4-14)25-12-11-20-18(22)13-21(2)26(23,24)17-9-5-15(19)6-10-17/h3-10H,11-13H2,1-2H3,(H,20,22). The molecule has 0 heterocycles. The maximum atomic E-state index is 12.4. The Hall–Kier alpha value is -2.09. The van der Waals surface area contributed by atoms with Crippen LogP contribution in [-0.2, 0) is 14.8 Å². The summed E-state index contributed by atoms with van der Waals surface area (Å²) >= 11 is 5.76. The first kappa shape index (κ1) is 20.2. The molecule has 0 fully saturated rings. The van der Waals surface area contributed by atoms with Crippen LogP contribution in [0, 0.1) is 6.92 Å². The van der Waals surface area contributed by atoms with E-state index in [4.69, 9.17) is 16.3 Å². The van der Waals surface area contributed by atoms with E-state index in [0.717, 1.165) is 9.87 Å². The quantitative estimate of drug-likeness (QED) is 0.695. The first-order chi connectivity index (χ1) is 12.3. The third kappa shape index (κ3) is 5.72. The van der Waals surface area contributed by atoms with Gasteiger partial charge in [-0.2, -0.15) is 4.31 Å². The zero-order chi connectivity index (χ0) is 19.2. The molecule has 6 nitrogen and oxygen atoms in total. The van der Waals surface area contributed by atoms with Crippen molar-refractivity contribution in [2.24, 2.45) is 0 Å². The summed E-state index contributed by atoms with van der Waals surface area (Å²) in [5.41, 5.74) is 1.13. The second-order valence-corrected chi connectivity index (χ2v) is 8.21. The molecular weight excluding hydrogens is 376 g/mol. The molecule has 0 aliphatic rings. The molecule has 0 saturated heterocycles. The number of halogens is 1. The molecule has 0 atom stereocenters. The van der Waals surface area contributed by atoms with Gasteiger partial charge in [-0.05, 0) is 43.3 Å². The van der Waals surface area contributed by atoms with Crippen LogP contribution in [0.25, 0.3) is 0 Å². The fraction of sp³-hybridized carbons (Fsp3) is 0.278. The molecule has 0 spiro atoms. The Morgan fingerprint density at radius 3 is 2.35 bits per heavy atom. The van der Waals surface area contributed by atoms with E-state index in [9.17, 15) is 13.2 Å². The van der Waals surface area contributed by atoms with Crippen LogP contribution in [0.3, 0.4) is 0 Å². The second-order valence-electron chi connectivity index (χ2n) is 5.73. The normalized spacial score (nSPS) is 11.4. The highest BCUT2D eigenvalue weighted by Crippen LogP contribution is 2.17. The number of hydrogen-bond acceptors (Lipinski definition) is 4. The number of nitrogens with one attached hydrogen (secondary N) is 1. The number of nitrogens with zero attached hydrogens (tertiary/aromatic N) is 1. The molecule has 140 valence electrons. The van der Waals surface area contributed by atoms with Gasteiger partial charge in [0.15, 0.2) is 0 Å². The van der Waals surface area contributed by atoms with Crippen molar-refractivity contribution in [3.8, 4) is 5.75 Å². The number of hydrogen-bond donors (Lipinski definition) is 1. The molecule has 0 unspecified atom stereocenters. The van der Waals surface area contributed by atoms with Crippen molar-refractivity contribution in [1.82, 2.24) is 9.62 Å². The molecule has 0 aromatic heterocycles. The first-order valence-corrected chi connectivity index (χ1v) is 9.79. The van der Waals surface area contributed by atoms with Crippen molar-refractivity contribution in [3.05, 3.63) is 59.1 Å². The number of likely N-dealkylation sites (N-methyl/N-ethyl adjacent to an activating group) is 1. The Morgan fingerprint density at radius 2 is 1.73 bits per heavy atom. The summed E-state index contributed by atoms with van der Waals surface area (Å²) in [6.45, 7) is 2.28. The highest BCUT2D eigenvalue weighted by molar-refractivity contribution is 7.89. The molecule has 2 aromatic carbocycles. The maximum Gasteiger partial charge on any atom is 0.243 e. The fourth-order valence-electron chi connectivity index (χ4n) is 2.12. The lowest BCUT2D eigenvalue weighted by Crippen LogP contribution is -2.39. The van der Waals surface area contributed by atoms with Gasteiger partial charge in [0.2, 0.25) is 15.9 Å². The van der Waals surface area contributed by atoms with Crippen LogP contribution in [0.15, 0.2) is 53.4 Å².